The summed E-state index contributed by atoms with van der Waals surface area (Å²) in [7, 11) is 3.86. The second-order valence-corrected chi connectivity index (χ2v) is 6.87. The number of aliphatic hydroxyl groups excluding tert-OH is 1. The minimum Gasteiger partial charge on any atom is -0.389 e. The summed E-state index contributed by atoms with van der Waals surface area (Å²) >= 11 is 9.20. The van der Waals surface area contributed by atoms with Gasteiger partial charge in [0.2, 0.25) is 5.13 Å². The van der Waals surface area contributed by atoms with Crippen LogP contribution in [0.25, 0.3) is 0 Å². The number of rotatable bonds is 4. The van der Waals surface area contributed by atoms with Gasteiger partial charge in [-0.3, -0.25) is 0 Å². The van der Waals surface area contributed by atoms with Crippen molar-refractivity contribution in [2.45, 2.75) is 22.3 Å². The zero-order chi connectivity index (χ0) is 14.0. The van der Waals surface area contributed by atoms with Crippen LogP contribution < -0.4 is 4.90 Å². The van der Waals surface area contributed by atoms with Gasteiger partial charge in [0.05, 0.1) is 11.1 Å². The molecular weight excluding hydrogens is 302 g/mol. The molecule has 1 N–H and O–H groups in total. The SMILES string of the molecule is C[C@@H](O)c1ccc(Sc2nnc(N(C)C)s2)c(Cl)c1. The molecule has 0 fully saturated rings. The van der Waals surface area contributed by atoms with E-state index in [-0.39, 0.29) is 0 Å². The Labute approximate surface area is 125 Å². The predicted octanol–water partition coefficient (Wildman–Crippen LogP) is 3.46. The molecular formula is C12H14ClN3OS2. The van der Waals surface area contributed by atoms with Crippen molar-refractivity contribution >= 4 is 39.8 Å². The molecule has 4 nitrogen and oxygen atoms in total. The second kappa shape index (κ2) is 6.09. The lowest BCUT2D eigenvalue weighted by atomic mass is 10.1. The first-order valence-corrected chi connectivity index (χ1v) is 7.64. The summed E-state index contributed by atoms with van der Waals surface area (Å²) in [5.74, 6) is 0. The highest BCUT2D eigenvalue weighted by Crippen LogP contribution is 2.37. The molecule has 102 valence electrons. The lowest BCUT2D eigenvalue weighted by Crippen LogP contribution is -2.07. The highest BCUT2D eigenvalue weighted by atomic mass is 35.5. The van der Waals surface area contributed by atoms with Crippen LogP contribution in [-0.2, 0) is 0 Å². The average molecular weight is 316 g/mol. The van der Waals surface area contributed by atoms with Crippen LogP contribution in [0.5, 0.6) is 0 Å². The Bertz CT molecular complexity index is 572. The number of aliphatic hydroxyl groups is 1. The number of hydrogen-bond acceptors (Lipinski definition) is 6. The molecule has 0 aliphatic rings. The fourth-order valence-corrected chi connectivity index (χ4v) is 3.41. The molecule has 0 bridgehead atoms. The minimum atomic E-state index is -0.515. The van der Waals surface area contributed by atoms with Gasteiger partial charge >= 0.3 is 0 Å². The predicted molar refractivity (Wildman–Crippen MR) is 80.4 cm³/mol. The third-order valence-corrected chi connectivity index (χ3v) is 5.06. The number of hydrogen-bond donors (Lipinski definition) is 1. The monoisotopic (exact) mass is 315 g/mol. The summed E-state index contributed by atoms with van der Waals surface area (Å²) in [4.78, 5) is 2.83. The first-order valence-electron chi connectivity index (χ1n) is 5.63. The van der Waals surface area contributed by atoms with E-state index in [9.17, 15) is 5.11 Å². The molecule has 1 atom stereocenters. The molecule has 1 aromatic heterocycles. The Morgan fingerprint density at radius 3 is 2.63 bits per heavy atom. The molecule has 0 unspecified atom stereocenters. The van der Waals surface area contributed by atoms with E-state index in [2.05, 4.69) is 10.2 Å². The van der Waals surface area contributed by atoms with Crippen molar-refractivity contribution in [1.82, 2.24) is 10.2 Å². The molecule has 0 aliphatic carbocycles. The zero-order valence-electron chi connectivity index (χ0n) is 10.8. The standard InChI is InChI=1S/C12H14ClN3OS2/c1-7(17)8-4-5-10(9(13)6-8)18-12-15-14-11(19-12)16(2)3/h4-7,17H,1-3H3/t7-/m1/s1. The van der Waals surface area contributed by atoms with E-state index >= 15 is 0 Å². The summed E-state index contributed by atoms with van der Waals surface area (Å²) in [5, 5.41) is 19.2. The molecule has 0 amide bonds. The van der Waals surface area contributed by atoms with Crippen molar-refractivity contribution in [1.29, 1.82) is 0 Å². The van der Waals surface area contributed by atoms with Crippen LogP contribution in [0.3, 0.4) is 0 Å². The molecule has 2 rings (SSSR count). The molecule has 1 heterocycles. The number of aromatic nitrogens is 2. The van der Waals surface area contributed by atoms with Crippen LogP contribution in [0.1, 0.15) is 18.6 Å². The van der Waals surface area contributed by atoms with Crippen molar-refractivity contribution in [2.75, 3.05) is 19.0 Å². The van der Waals surface area contributed by atoms with Crippen LogP contribution >= 0.6 is 34.7 Å². The summed E-state index contributed by atoms with van der Waals surface area (Å²) < 4.78 is 0.843. The van der Waals surface area contributed by atoms with E-state index < -0.39 is 6.10 Å². The molecule has 0 aliphatic heterocycles. The van der Waals surface area contributed by atoms with Gasteiger partial charge in [-0.1, -0.05) is 40.8 Å². The van der Waals surface area contributed by atoms with E-state index in [4.69, 9.17) is 11.6 Å². The first kappa shape index (κ1) is 14.6. The Balaban J connectivity index is 2.18. The number of anilines is 1. The maximum Gasteiger partial charge on any atom is 0.208 e. The summed E-state index contributed by atoms with van der Waals surface area (Å²) in [6, 6.07) is 5.54. The van der Waals surface area contributed by atoms with Gasteiger partial charge in [-0.15, -0.1) is 10.2 Å². The number of nitrogens with zero attached hydrogens (tertiary/aromatic N) is 3. The smallest absolute Gasteiger partial charge is 0.208 e. The highest BCUT2D eigenvalue weighted by Gasteiger charge is 2.11. The molecule has 1 aromatic carbocycles. The van der Waals surface area contributed by atoms with E-state index in [0.29, 0.717) is 5.02 Å². The van der Waals surface area contributed by atoms with Crippen molar-refractivity contribution in [3.05, 3.63) is 28.8 Å². The van der Waals surface area contributed by atoms with Gasteiger partial charge in [-0.2, -0.15) is 0 Å². The Kier molecular flexibility index (Phi) is 4.67. The van der Waals surface area contributed by atoms with E-state index in [0.717, 1.165) is 19.9 Å². The molecule has 19 heavy (non-hydrogen) atoms. The zero-order valence-corrected chi connectivity index (χ0v) is 13.2. The Morgan fingerprint density at radius 2 is 2.11 bits per heavy atom. The van der Waals surface area contributed by atoms with Gasteiger partial charge in [0.25, 0.3) is 0 Å². The van der Waals surface area contributed by atoms with Crippen molar-refractivity contribution in [3.63, 3.8) is 0 Å². The van der Waals surface area contributed by atoms with Crippen molar-refractivity contribution in [3.8, 4) is 0 Å². The molecule has 0 spiro atoms. The molecule has 2 aromatic rings. The van der Waals surface area contributed by atoms with E-state index in [1.54, 1.807) is 13.0 Å². The summed E-state index contributed by atoms with van der Waals surface area (Å²) in [5.41, 5.74) is 0.806. The van der Waals surface area contributed by atoms with Gasteiger partial charge in [0.15, 0.2) is 4.34 Å². The van der Waals surface area contributed by atoms with Crippen LogP contribution in [-0.4, -0.2) is 29.4 Å². The van der Waals surface area contributed by atoms with Gasteiger partial charge in [-0.25, -0.2) is 0 Å². The van der Waals surface area contributed by atoms with Gasteiger partial charge in [0.1, 0.15) is 0 Å². The third-order valence-electron chi connectivity index (χ3n) is 2.41. The Hall–Kier alpha value is -0.820. The Morgan fingerprint density at radius 1 is 1.37 bits per heavy atom. The normalized spacial score (nSPS) is 12.5. The van der Waals surface area contributed by atoms with Crippen LogP contribution in [0, 0.1) is 0 Å². The van der Waals surface area contributed by atoms with E-state index in [1.807, 2.05) is 31.1 Å². The summed E-state index contributed by atoms with van der Waals surface area (Å²) in [6.45, 7) is 1.71. The topological polar surface area (TPSA) is 49.3 Å². The molecule has 0 radical (unpaired) electrons. The molecule has 0 saturated carbocycles. The summed E-state index contributed by atoms with van der Waals surface area (Å²) in [6.07, 6.45) is -0.515. The average Bonchev–Trinajstić information content (AvgIpc) is 2.80. The lowest BCUT2D eigenvalue weighted by Gasteiger charge is -2.07. The highest BCUT2D eigenvalue weighted by molar-refractivity contribution is 8.01. The van der Waals surface area contributed by atoms with Crippen molar-refractivity contribution in [2.24, 2.45) is 0 Å². The molecule has 7 heteroatoms. The fraction of sp³-hybridized carbons (Fsp3) is 0.333. The second-order valence-electron chi connectivity index (χ2n) is 4.21. The quantitative estimate of drug-likeness (QED) is 0.936. The largest absolute Gasteiger partial charge is 0.389 e. The van der Waals surface area contributed by atoms with Crippen LogP contribution in [0.15, 0.2) is 27.4 Å². The fourth-order valence-electron chi connectivity index (χ4n) is 1.38. The van der Waals surface area contributed by atoms with Gasteiger partial charge in [0, 0.05) is 19.0 Å². The number of halogens is 1. The lowest BCUT2D eigenvalue weighted by molar-refractivity contribution is 0.199. The minimum absolute atomic E-state index is 0.515. The molecule has 0 saturated heterocycles. The van der Waals surface area contributed by atoms with Crippen LogP contribution in [0.4, 0.5) is 5.13 Å². The van der Waals surface area contributed by atoms with E-state index in [1.165, 1.54) is 23.1 Å². The third kappa shape index (κ3) is 3.60. The first-order chi connectivity index (χ1) is 8.97. The van der Waals surface area contributed by atoms with Crippen LogP contribution in [0.2, 0.25) is 5.02 Å². The van der Waals surface area contributed by atoms with Crippen molar-refractivity contribution < 1.29 is 5.11 Å². The van der Waals surface area contributed by atoms with Gasteiger partial charge in [-0.05, 0) is 24.6 Å². The van der Waals surface area contributed by atoms with Gasteiger partial charge < -0.3 is 10.0 Å². The maximum atomic E-state index is 9.50. The number of benzene rings is 1. The maximum absolute atomic E-state index is 9.50.